The van der Waals surface area contributed by atoms with E-state index in [0.717, 1.165) is 30.6 Å². The highest BCUT2D eigenvalue weighted by Crippen LogP contribution is 2.23. The number of aliphatic hydroxyl groups excluding tert-OH is 1. The largest absolute Gasteiger partial charge is 0.465 e. The number of esters is 1. The Morgan fingerprint density at radius 1 is 1.45 bits per heavy atom. The molecule has 158 valence electrons. The average Bonchev–Trinajstić information content (AvgIpc) is 3.33. The van der Waals surface area contributed by atoms with Crippen molar-refractivity contribution in [2.45, 2.75) is 64.5 Å². The van der Waals surface area contributed by atoms with Crippen LogP contribution in [0.4, 0.5) is 0 Å². The van der Waals surface area contributed by atoms with Gasteiger partial charge in [0.05, 0.1) is 19.3 Å². The molecule has 0 spiro atoms. The van der Waals surface area contributed by atoms with E-state index in [4.69, 9.17) is 4.74 Å². The first kappa shape index (κ1) is 23.2. The van der Waals surface area contributed by atoms with Crippen LogP contribution in [-0.4, -0.2) is 47.7 Å². The molecule has 0 bridgehead atoms. The summed E-state index contributed by atoms with van der Waals surface area (Å²) in [6, 6.07) is 3.77. The smallest absolute Gasteiger partial charge is 0.348 e. The molecule has 5 nitrogen and oxygen atoms in total. The second-order valence-electron chi connectivity index (χ2n) is 7.32. The summed E-state index contributed by atoms with van der Waals surface area (Å²) in [5, 5.41) is 10.3. The first-order valence-electron chi connectivity index (χ1n) is 10.2. The number of carbonyl (C=O) groups excluding carboxylic acids is 2. The van der Waals surface area contributed by atoms with Crippen molar-refractivity contribution in [2.75, 3.05) is 13.7 Å². The molecule has 0 aliphatic carbocycles. The van der Waals surface area contributed by atoms with Crippen LogP contribution in [0, 0.1) is 17.8 Å². The van der Waals surface area contributed by atoms with Gasteiger partial charge in [-0.1, -0.05) is 26.0 Å². The summed E-state index contributed by atoms with van der Waals surface area (Å²) in [7, 11) is 1.38. The second kappa shape index (κ2) is 11.8. The van der Waals surface area contributed by atoms with Crippen LogP contribution in [0.1, 0.15) is 60.5 Å². The highest BCUT2D eigenvalue weighted by molar-refractivity contribution is 7.13. The molecule has 2 heterocycles. The Labute approximate surface area is 177 Å². The highest BCUT2D eigenvalue weighted by Gasteiger charge is 2.28. The lowest BCUT2D eigenvalue weighted by Crippen LogP contribution is -2.33. The monoisotopic (exact) mass is 417 g/mol. The maximum Gasteiger partial charge on any atom is 0.348 e. The van der Waals surface area contributed by atoms with E-state index in [1.807, 2.05) is 37.0 Å². The van der Waals surface area contributed by atoms with E-state index >= 15 is 0 Å². The van der Waals surface area contributed by atoms with Crippen molar-refractivity contribution < 1.29 is 19.4 Å². The summed E-state index contributed by atoms with van der Waals surface area (Å²) >= 11 is 1.44. The quantitative estimate of drug-likeness (QED) is 0.377. The van der Waals surface area contributed by atoms with Gasteiger partial charge in [0.1, 0.15) is 4.88 Å². The van der Waals surface area contributed by atoms with Crippen molar-refractivity contribution in [1.82, 2.24) is 4.90 Å². The third-order valence-corrected chi connectivity index (χ3v) is 6.21. The van der Waals surface area contributed by atoms with E-state index in [2.05, 4.69) is 11.8 Å². The SMILES string of the molecule is CCC#CC[C@@H](C)[C@H](O)/C=C/[C@H]1CCC(=O)N1CCCc1ccc(C(=O)OC)s1. The topological polar surface area (TPSA) is 66.8 Å². The normalized spacial score (nSPS) is 18.6. The Hall–Kier alpha value is -2.10. The fourth-order valence-electron chi connectivity index (χ4n) is 3.30. The van der Waals surface area contributed by atoms with E-state index in [1.54, 1.807) is 6.07 Å². The minimum Gasteiger partial charge on any atom is -0.465 e. The van der Waals surface area contributed by atoms with Gasteiger partial charge in [0.2, 0.25) is 5.91 Å². The number of aliphatic hydroxyl groups is 1. The van der Waals surface area contributed by atoms with Crippen LogP contribution < -0.4 is 0 Å². The Morgan fingerprint density at radius 2 is 2.24 bits per heavy atom. The van der Waals surface area contributed by atoms with Crippen molar-refractivity contribution in [2.24, 2.45) is 5.92 Å². The molecule has 0 radical (unpaired) electrons. The van der Waals surface area contributed by atoms with Gasteiger partial charge in [-0.15, -0.1) is 23.2 Å². The van der Waals surface area contributed by atoms with Gasteiger partial charge >= 0.3 is 5.97 Å². The van der Waals surface area contributed by atoms with Crippen molar-refractivity contribution in [3.8, 4) is 11.8 Å². The number of methoxy groups -OCH3 is 1. The molecule has 6 heteroatoms. The Balaban J connectivity index is 1.85. The Kier molecular flexibility index (Phi) is 9.43. The summed E-state index contributed by atoms with van der Waals surface area (Å²) in [5.74, 6) is 6.03. The molecule has 1 aromatic heterocycles. The summed E-state index contributed by atoms with van der Waals surface area (Å²) in [4.78, 5) is 27.4. The zero-order valence-electron chi connectivity index (χ0n) is 17.5. The zero-order valence-corrected chi connectivity index (χ0v) is 18.3. The number of thiophene rings is 1. The number of likely N-dealkylation sites (tertiary alicyclic amines) is 1. The van der Waals surface area contributed by atoms with E-state index in [9.17, 15) is 14.7 Å². The minimum absolute atomic E-state index is 0.0417. The minimum atomic E-state index is -0.554. The summed E-state index contributed by atoms with van der Waals surface area (Å²) in [5.41, 5.74) is 0. The fraction of sp³-hybridized carbons (Fsp3) is 0.565. The number of carbonyl (C=O) groups is 2. The first-order chi connectivity index (χ1) is 14.0. The van der Waals surface area contributed by atoms with Crippen LogP contribution in [0.2, 0.25) is 0 Å². The number of ether oxygens (including phenoxy) is 1. The van der Waals surface area contributed by atoms with E-state index < -0.39 is 6.10 Å². The molecule has 2 rings (SSSR count). The summed E-state index contributed by atoms with van der Waals surface area (Å²) in [6.45, 7) is 4.67. The van der Waals surface area contributed by atoms with E-state index in [0.29, 0.717) is 24.3 Å². The summed E-state index contributed by atoms with van der Waals surface area (Å²) < 4.78 is 4.74. The van der Waals surface area contributed by atoms with Gasteiger partial charge in [-0.3, -0.25) is 4.79 Å². The molecule has 1 fully saturated rings. The maximum atomic E-state index is 12.3. The molecule has 1 amide bonds. The lowest BCUT2D eigenvalue weighted by Gasteiger charge is -2.23. The van der Waals surface area contributed by atoms with Gasteiger partial charge in [-0.25, -0.2) is 4.79 Å². The van der Waals surface area contributed by atoms with Crippen LogP contribution in [0.5, 0.6) is 0 Å². The first-order valence-corrected chi connectivity index (χ1v) is 11.1. The van der Waals surface area contributed by atoms with Gasteiger partial charge < -0.3 is 14.7 Å². The number of hydrogen-bond donors (Lipinski definition) is 1. The standard InChI is InChI=1S/C23H31NO4S/c1-4-5-6-8-17(2)20(25)13-10-18-11-15-22(26)24(18)16-7-9-19-12-14-21(29-19)23(27)28-3/h10,12-14,17-18,20,25H,4,7-9,11,15-16H2,1-3H3/b13-10+/t17-,18+,20-/m1/s1. The number of amides is 1. The molecule has 1 N–H and O–H groups in total. The van der Waals surface area contributed by atoms with Crippen molar-refractivity contribution >= 4 is 23.2 Å². The summed E-state index contributed by atoms with van der Waals surface area (Å²) in [6.07, 6.45) is 7.72. The predicted molar refractivity (Wildman–Crippen MR) is 116 cm³/mol. The highest BCUT2D eigenvalue weighted by atomic mass is 32.1. The number of hydrogen-bond acceptors (Lipinski definition) is 5. The molecule has 0 aromatic carbocycles. The van der Waals surface area contributed by atoms with Crippen LogP contribution in [0.25, 0.3) is 0 Å². The molecule has 1 aromatic rings. The number of aryl methyl sites for hydroxylation is 1. The van der Waals surface area contributed by atoms with Crippen molar-refractivity contribution in [3.05, 3.63) is 34.0 Å². The van der Waals surface area contributed by atoms with Gasteiger partial charge in [0, 0.05) is 30.7 Å². The molecular weight excluding hydrogens is 386 g/mol. The van der Waals surface area contributed by atoms with Gasteiger partial charge in [0.15, 0.2) is 0 Å². The Morgan fingerprint density at radius 3 is 2.97 bits per heavy atom. The van der Waals surface area contributed by atoms with Crippen LogP contribution in [0.3, 0.4) is 0 Å². The molecule has 0 saturated carbocycles. The molecule has 3 atom stereocenters. The van der Waals surface area contributed by atoms with Crippen LogP contribution >= 0.6 is 11.3 Å². The maximum absolute atomic E-state index is 12.3. The van der Waals surface area contributed by atoms with Crippen molar-refractivity contribution in [3.63, 3.8) is 0 Å². The van der Waals surface area contributed by atoms with Gasteiger partial charge in [-0.05, 0) is 37.3 Å². The van der Waals surface area contributed by atoms with E-state index in [-0.39, 0.29) is 23.8 Å². The van der Waals surface area contributed by atoms with Crippen LogP contribution in [0.15, 0.2) is 24.3 Å². The van der Waals surface area contributed by atoms with E-state index in [1.165, 1.54) is 18.4 Å². The molecule has 1 aliphatic heterocycles. The molecular formula is C23H31NO4S. The molecule has 1 saturated heterocycles. The average molecular weight is 418 g/mol. The molecule has 0 unspecified atom stereocenters. The zero-order chi connectivity index (χ0) is 21.2. The second-order valence-corrected chi connectivity index (χ2v) is 8.49. The lowest BCUT2D eigenvalue weighted by atomic mass is 10.00. The third-order valence-electron chi connectivity index (χ3n) is 5.08. The van der Waals surface area contributed by atoms with Crippen LogP contribution in [-0.2, 0) is 16.0 Å². The third kappa shape index (κ3) is 7.02. The Bertz CT molecular complexity index is 773. The molecule has 29 heavy (non-hydrogen) atoms. The fourth-order valence-corrected chi connectivity index (χ4v) is 4.27. The van der Waals surface area contributed by atoms with Crippen molar-refractivity contribution in [1.29, 1.82) is 0 Å². The lowest BCUT2D eigenvalue weighted by molar-refractivity contribution is -0.128. The number of nitrogens with zero attached hydrogens (tertiary/aromatic N) is 1. The van der Waals surface area contributed by atoms with Gasteiger partial charge in [0.25, 0.3) is 0 Å². The van der Waals surface area contributed by atoms with Gasteiger partial charge in [-0.2, -0.15) is 0 Å². The predicted octanol–water partition coefficient (Wildman–Crippen LogP) is 3.82. The number of rotatable bonds is 9. The molecule has 1 aliphatic rings.